The van der Waals surface area contributed by atoms with Crippen molar-refractivity contribution in [3.8, 4) is 0 Å². The van der Waals surface area contributed by atoms with Crippen molar-refractivity contribution in [2.45, 2.75) is 19.4 Å². The first-order valence-electron chi connectivity index (χ1n) is 7.55. The number of benzene rings is 2. The first kappa shape index (κ1) is 18.7. The lowest BCUT2D eigenvalue weighted by molar-refractivity contribution is -0.154. The van der Waals surface area contributed by atoms with Crippen molar-refractivity contribution < 1.29 is 19.1 Å². The van der Waals surface area contributed by atoms with Crippen LogP contribution in [0, 0.1) is 0 Å². The van der Waals surface area contributed by atoms with Crippen molar-refractivity contribution in [1.29, 1.82) is 0 Å². The highest BCUT2D eigenvalue weighted by Gasteiger charge is 2.18. The van der Waals surface area contributed by atoms with Crippen LogP contribution in [0.15, 0.2) is 59.1 Å². The summed E-state index contributed by atoms with van der Waals surface area (Å²) < 4.78 is 5.98. The van der Waals surface area contributed by atoms with E-state index < -0.39 is 23.9 Å². The Morgan fingerprint density at radius 2 is 1.64 bits per heavy atom. The number of hydrogen-bond acceptors (Lipinski definition) is 4. The summed E-state index contributed by atoms with van der Waals surface area (Å²) in [5.41, 5.74) is 5.69. The van der Waals surface area contributed by atoms with Gasteiger partial charge in [0.25, 0.3) is 11.8 Å². The molecule has 0 aromatic heterocycles. The number of carbonyl (C=O) groups excluding carboxylic acids is 3. The van der Waals surface area contributed by atoms with Crippen LogP contribution in [0.4, 0.5) is 0 Å². The maximum absolute atomic E-state index is 11.9. The van der Waals surface area contributed by atoms with Gasteiger partial charge in [-0.1, -0.05) is 46.3 Å². The Morgan fingerprint density at radius 3 is 2.28 bits per heavy atom. The predicted molar refractivity (Wildman–Crippen MR) is 95.5 cm³/mol. The number of ether oxygens (including phenoxy) is 1. The van der Waals surface area contributed by atoms with Gasteiger partial charge in [-0.05, 0) is 36.8 Å². The number of rotatable bonds is 5. The largest absolute Gasteiger partial charge is 0.452 e. The molecule has 2 N–H and O–H groups in total. The molecular formula is C18H17BrN2O4. The predicted octanol–water partition coefficient (Wildman–Crippen LogP) is 2.38. The number of halogens is 1. The topological polar surface area (TPSA) is 84.5 Å². The second kappa shape index (κ2) is 8.98. The highest BCUT2D eigenvalue weighted by atomic mass is 79.9. The molecule has 0 saturated carbocycles. The van der Waals surface area contributed by atoms with E-state index in [0.29, 0.717) is 5.56 Å². The van der Waals surface area contributed by atoms with Gasteiger partial charge >= 0.3 is 5.97 Å². The van der Waals surface area contributed by atoms with Crippen LogP contribution in [0.5, 0.6) is 0 Å². The van der Waals surface area contributed by atoms with Crippen LogP contribution in [-0.2, 0) is 20.7 Å². The van der Waals surface area contributed by atoms with Crippen LogP contribution < -0.4 is 10.9 Å². The average Bonchev–Trinajstić information content (AvgIpc) is 2.62. The lowest BCUT2D eigenvalue weighted by Gasteiger charge is -2.14. The monoisotopic (exact) mass is 404 g/mol. The highest BCUT2D eigenvalue weighted by Crippen LogP contribution is 2.11. The van der Waals surface area contributed by atoms with E-state index in [4.69, 9.17) is 4.74 Å². The second-order valence-electron chi connectivity index (χ2n) is 5.24. The average molecular weight is 405 g/mol. The zero-order chi connectivity index (χ0) is 18.2. The van der Waals surface area contributed by atoms with Crippen molar-refractivity contribution in [2.75, 3.05) is 0 Å². The van der Waals surface area contributed by atoms with Gasteiger partial charge in [0.05, 0.1) is 6.42 Å². The molecule has 6 nitrogen and oxygen atoms in total. The van der Waals surface area contributed by atoms with E-state index in [0.717, 1.165) is 10.0 Å². The number of amides is 2. The summed E-state index contributed by atoms with van der Waals surface area (Å²) in [5.74, 6) is -1.60. The van der Waals surface area contributed by atoms with Crippen LogP contribution in [0.1, 0.15) is 22.8 Å². The number of hydrogen-bond donors (Lipinski definition) is 2. The molecule has 2 amide bonds. The molecule has 0 aliphatic rings. The van der Waals surface area contributed by atoms with E-state index >= 15 is 0 Å². The fourth-order valence-electron chi connectivity index (χ4n) is 1.94. The molecule has 0 radical (unpaired) electrons. The Morgan fingerprint density at radius 1 is 1.00 bits per heavy atom. The van der Waals surface area contributed by atoms with Crippen LogP contribution in [0.2, 0.25) is 0 Å². The molecule has 0 saturated heterocycles. The second-order valence-corrected chi connectivity index (χ2v) is 6.16. The molecule has 0 bridgehead atoms. The van der Waals surface area contributed by atoms with Gasteiger partial charge < -0.3 is 4.74 Å². The quantitative estimate of drug-likeness (QED) is 0.591. The molecule has 2 aromatic rings. The summed E-state index contributed by atoms with van der Waals surface area (Å²) in [4.78, 5) is 35.6. The van der Waals surface area contributed by atoms with Crippen molar-refractivity contribution >= 4 is 33.7 Å². The normalized spacial score (nSPS) is 11.3. The van der Waals surface area contributed by atoms with Gasteiger partial charge in [-0.2, -0.15) is 0 Å². The molecule has 0 unspecified atom stereocenters. The van der Waals surface area contributed by atoms with E-state index in [9.17, 15) is 14.4 Å². The van der Waals surface area contributed by atoms with Gasteiger partial charge in [-0.25, -0.2) is 0 Å². The summed E-state index contributed by atoms with van der Waals surface area (Å²) >= 11 is 3.31. The Kier molecular flexibility index (Phi) is 6.71. The molecule has 25 heavy (non-hydrogen) atoms. The molecule has 0 spiro atoms. The van der Waals surface area contributed by atoms with E-state index in [-0.39, 0.29) is 6.42 Å². The maximum Gasteiger partial charge on any atom is 0.311 e. The Bertz CT molecular complexity index is 747. The zero-order valence-electron chi connectivity index (χ0n) is 13.5. The SMILES string of the molecule is C[C@@H](OC(=O)Cc1ccc(Br)cc1)C(=O)NNC(=O)c1ccccc1. The minimum absolute atomic E-state index is 0.0568. The van der Waals surface area contributed by atoms with Gasteiger partial charge in [0, 0.05) is 10.0 Å². The molecule has 2 aromatic carbocycles. The first-order valence-corrected chi connectivity index (χ1v) is 8.34. The maximum atomic E-state index is 11.9. The molecule has 0 aliphatic heterocycles. The Hall–Kier alpha value is -2.67. The van der Waals surface area contributed by atoms with Gasteiger partial charge in [-0.3, -0.25) is 25.2 Å². The van der Waals surface area contributed by atoms with Crippen LogP contribution in [0.25, 0.3) is 0 Å². The molecule has 130 valence electrons. The third kappa shape index (κ3) is 6.04. The Balaban J connectivity index is 1.78. The first-order chi connectivity index (χ1) is 12.0. The zero-order valence-corrected chi connectivity index (χ0v) is 15.1. The number of nitrogens with one attached hydrogen (secondary N) is 2. The molecule has 7 heteroatoms. The van der Waals surface area contributed by atoms with E-state index in [1.54, 1.807) is 42.5 Å². The van der Waals surface area contributed by atoms with Gasteiger partial charge in [-0.15, -0.1) is 0 Å². The van der Waals surface area contributed by atoms with E-state index in [2.05, 4.69) is 26.8 Å². The van der Waals surface area contributed by atoms with Crippen LogP contribution in [0.3, 0.4) is 0 Å². The van der Waals surface area contributed by atoms with Gasteiger partial charge in [0.15, 0.2) is 6.10 Å². The summed E-state index contributed by atoms with van der Waals surface area (Å²) in [5, 5.41) is 0. The van der Waals surface area contributed by atoms with E-state index in [1.165, 1.54) is 6.92 Å². The molecule has 0 heterocycles. The number of hydrazine groups is 1. The fraction of sp³-hybridized carbons (Fsp3) is 0.167. The number of esters is 1. The van der Waals surface area contributed by atoms with Crippen molar-refractivity contribution in [3.63, 3.8) is 0 Å². The van der Waals surface area contributed by atoms with Crippen molar-refractivity contribution in [1.82, 2.24) is 10.9 Å². The minimum atomic E-state index is -1.03. The van der Waals surface area contributed by atoms with Crippen molar-refractivity contribution in [2.24, 2.45) is 0 Å². The fourth-order valence-corrected chi connectivity index (χ4v) is 2.21. The van der Waals surface area contributed by atoms with Crippen LogP contribution in [-0.4, -0.2) is 23.9 Å². The van der Waals surface area contributed by atoms with Crippen molar-refractivity contribution in [3.05, 3.63) is 70.2 Å². The lowest BCUT2D eigenvalue weighted by Crippen LogP contribution is -2.46. The lowest BCUT2D eigenvalue weighted by atomic mass is 10.1. The molecule has 2 rings (SSSR count). The Labute approximate surface area is 153 Å². The van der Waals surface area contributed by atoms with Gasteiger partial charge in [0.1, 0.15) is 0 Å². The third-order valence-electron chi connectivity index (χ3n) is 3.27. The molecular weight excluding hydrogens is 388 g/mol. The molecule has 1 atom stereocenters. The van der Waals surface area contributed by atoms with Gasteiger partial charge in [0.2, 0.25) is 0 Å². The third-order valence-corrected chi connectivity index (χ3v) is 3.80. The summed E-state index contributed by atoms with van der Waals surface area (Å²) in [6.45, 7) is 1.43. The summed E-state index contributed by atoms with van der Waals surface area (Å²) in [7, 11) is 0. The van der Waals surface area contributed by atoms with Crippen LogP contribution >= 0.6 is 15.9 Å². The standard InChI is InChI=1S/C18H17BrN2O4/c1-12(25-16(22)11-13-7-9-15(19)10-8-13)17(23)20-21-18(24)14-5-3-2-4-6-14/h2-10,12H,11H2,1H3,(H,20,23)(H,21,24)/t12-/m1/s1. The summed E-state index contributed by atoms with van der Waals surface area (Å²) in [6, 6.07) is 15.6. The minimum Gasteiger partial charge on any atom is -0.452 e. The molecule has 0 fully saturated rings. The van der Waals surface area contributed by atoms with E-state index in [1.807, 2.05) is 12.1 Å². The molecule has 0 aliphatic carbocycles. The summed E-state index contributed by atoms with van der Waals surface area (Å²) in [6.07, 6.45) is -0.972. The smallest absolute Gasteiger partial charge is 0.311 e. The highest BCUT2D eigenvalue weighted by molar-refractivity contribution is 9.10. The number of carbonyl (C=O) groups is 3.